The first-order valence-electron chi connectivity index (χ1n) is 15.0. The minimum atomic E-state index is -0.424. The molecule has 260 valence electrons. The summed E-state index contributed by atoms with van der Waals surface area (Å²) in [7, 11) is 0. The zero-order chi connectivity index (χ0) is 36.8. The number of nitro groups is 3. The molecule has 19 heteroatoms. The highest BCUT2D eigenvalue weighted by Crippen LogP contribution is 2.23. The number of non-ortho nitro benzene ring substituents is 3. The predicted molar refractivity (Wildman–Crippen MR) is 192 cm³/mol. The lowest BCUT2D eigenvalue weighted by atomic mass is 10.2. The molecule has 5 heterocycles. The second kappa shape index (κ2) is 15.4. The number of fused-ring (bicyclic) bond motifs is 3. The molecule has 17 nitrogen and oxygen atoms in total. The minimum Gasteiger partial charge on any atom is -0.278 e. The van der Waals surface area contributed by atoms with Crippen molar-refractivity contribution >= 4 is 73.0 Å². The van der Waals surface area contributed by atoms with E-state index >= 15 is 0 Å². The Morgan fingerprint density at radius 2 is 1.00 bits per heavy atom. The van der Waals surface area contributed by atoms with Crippen molar-refractivity contribution in [3.8, 4) is 0 Å². The van der Waals surface area contributed by atoms with Crippen LogP contribution in [0, 0.1) is 30.3 Å². The van der Waals surface area contributed by atoms with Gasteiger partial charge < -0.3 is 0 Å². The van der Waals surface area contributed by atoms with Crippen LogP contribution in [0.3, 0.4) is 0 Å². The lowest BCUT2D eigenvalue weighted by molar-refractivity contribution is -0.384. The zero-order valence-corrected chi connectivity index (χ0v) is 28.0. The summed E-state index contributed by atoms with van der Waals surface area (Å²) in [6.45, 7) is 1.07. The third-order valence-corrected chi connectivity index (χ3v) is 8.00. The second-order valence-corrected chi connectivity index (χ2v) is 11.8. The van der Waals surface area contributed by atoms with Crippen LogP contribution < -0.4 is 0 Å². The summed E-state index contributed by atoms with van der Waals surface area (Å²) in [5.41, 5.74) is 4.60. The van der Waals surface area contributed by atoms with Crippen LogP contribution in [0.4, 0.5) is 17.1 Å². The molecule has 0 spiro atoms. The molecule has 3 aromatic carbocycles. The van der Waals surface area contributed by atoms with Gasteiger partial charge in [0, 0.05) is 65.0 Å². The fraction of sp³-hybridized carbons (Fsp3) is 0.0606. The van der Waals surface area contributed by atoms with E-state index in [1.54, 1.807) is 70.7 Å². The molecule has 0 aliphatic heterocycles. The largest absolute Gasteiger partial charge is 0.278 e. The molecule has 0 saturated heterocycles. The number of halogens is 2. The average molecular weight is 741 g/mol. The number of hydrogen-bond acceptors (Lipinski definition) is 11. The van der Waals surface area contributed by atoms with Gasteiger partial charge in [0.25, 0.3) is 17.1 Å². The highest BCUT2D eigenvalue weighted by Gasteiger charge is 2.12. The molecule has 5 aromatic heterocycles. The molecule has 0 atom stereocenters. The van der Waals surface area contributed by atoms with Crippen LogP contribution in [0.1, 0.15) is 11.1 Å². The SMILES string of the molecule is O=[N+]([O-])c1ccc2[nH]ncc2c1.O=[N+]([O-])c1ccc2c(cnn2Cc2ccc(Cl)nc2)c1.O=[N+]([O-])c1ccc2c(cnn2Cc2ccc(Cl)nc2)c1. The maximum atomic E-state index is 10.7. The Labute approximate surface area is 301 Å². The van der Waals surface area contributed by atoms with Crippen molar-refractivity contribution in [3.63, 3.8) is 0 Å². The van der Waals surface area contributed by atoms with Gasteiger partial charge in [-0.15, -0.1) is 0 Å². The van der Waals surface area contributed by atoms with Crippen molar-refractivity contribution in [1.29, 1.82) is 0 Å². The molecular formula is C33H23Cl2N11O6. The Hall–Kier alpha value is -6.85. The molecule has 0 unspecified atom stereocenters. The van der Waals surface area contributed by atoms with E-state index in [2.05, 4.69) is 30.4 Å². The molecule has 0 amide bonds. The third-order valence-electron chi connectivity index (χ3n) is 7.55. The van der Waals surface area contributed by atoms with Crippen LogP contribution in [0.5, 0.6) is 0 Å². The summed E-state index contributed by atoms with van der Waals surface area (Å²) in [5, 5.41) is 49.9. The summed E-state index contributed by atoms with van der Waals surface area (Å²) >= 11 is 11.5. The summed E-state index contributed by atoms with van der Waals surface area (Å²) in [5.74, 6) is 0. The van der Waals surface area contributed by atoms with Gasteiger partial charge in [0.2, 0.25) is 0 Å². The van der Waals surface area contributed by atoms with E-state index in [9.17, 15) is 30.3 Å². The van der Waals surface area contributed by atoms with Crippen LogP contribution in [0.25, 0.3) is 32.7 Å². The zero-order valence-electron chi connectivity index (χ0n) is 26.5. The van der Waals surface area contributed by atoms with Crippen molar-refractivity contribution in [3.05, 3.63) is 162 Å². The number of aromatic nitrogens is 8. The number of hydrogen-bond donors (Lipinski definition) is 1. The maximum Gasteiger partial charge on any atom is 0.270 e. The van der Waals surface area contributed by atoms with Crippen molar-refractivity contribution in [1.82, 2.24) is 39.7 Å². The van der Waals surface area contributed by atoms with Crippen LogP contribution in [-0.4, -0.2) is 54.5 Å². The number of H-pyrrole nitrogens is 1. The average Bonchev–Trinajstić information content (AvgIpc) is 3.89. The normalized spacial score (nSPS) is 10.7. The van der Waals surface area contributed by atoms with E-state index in [0.29, 0.717) is 23.4 Å². The number of nitro benzene ring substituents is 3. The van der Waals surface area contributed by atoms with Crippen molar-refractivity contribution in [2.75, 3.05) is 0 Å². The smallest absolute Gasteiger partial charge is 0.270 e. The molecule has 8 aromatic rings. The molecule has 0 aliphatic carbocycles. The van der Waals surface area contributed by atoms with Crippen LogP contribution >= 0.6 is 23.2 Å². The van der Waals surface area contributed by atoms with Gasteiger partial charge in [0.05, 0.1) is 63.0 Å². The number of benzene rings is 3. The monoisotopic (exact) mass is 739 g/mol. The lowest BCUT2D eigenvalue weighted by Gasteiger charge is -2.03. The third kappa shape index (κ3) is 8.29. The van der Waals surface area contributed by atoms with Crippen LogP contribution in [0.2, 0.25) is 10.3 Å². The Kier molecular flexibility index (Phi) is 10.3. The first-order chi connectivity index (χ1) is 25.0. The van der Waals surface area contributed by atoms with Gasteiger partial charge in [-0.05, 0) is 41.5 Å². The Bertz CT molecular complexity index is 2420. The number of aromatic amines is 1. The van der Waals surface area contributed by atoms with Gasteiger partial charge in [-0.2, -0.15) is 15.3 Å². The standard InChI is InChI=1S/2C13H9ClN4O2.C7H5N3O2/c2*14-13-4-1-9(6-15-13)8-17-12-3-2-11(18(19)20)5-10(12)7-16-17;11-10(12)6-1-2-7-5(3-6)4-8-9-7/h2*1-7H,8H2;1-4H,(H,8,9). The molecule has 0 radical (unpaired) electrons. The maximum absolute atomic E-state index is 10.7. The summed E-state index contributed by atoms with van der Waals surface area (Å²) in [6.07, 6.45) is 8.15. The van der Waals surface area contributed by atoms with Crippen molar-refractivity contribution in [2.45, 2.75) is 13.1 Å². The van der Waals surface area contributed by atoms with Crippen LogP contribution in [-0.2, 0) is 13.1 Å². The molecule has 52 heavy (non-hydrogen) atoms. The molecule has 0 saturated carbocycles. The van der Waals surface area contributed by atoms with E-state index < -0.39 is 14.8 Å². The fourth-order valence-corrected chi connectivity index (χ4v) is 5.24. The van der Waals surface area contributed by atoms with E-state index in [0.717, 1.165) is 43.8 Å². The predicted octanol–water partition coefficient (Wildman–Crippen LogP) is 7.55. The van der Waals surface area contributed by atoms with Gasteiger partial charge >= 0.3 is 0 Å². The lowest BCUT2D eigenvalue weighted by Crippen LogP contribution is -2.01. The first-order valence-corrected chi connectivity index (χ1v) is 15.8. The molecule has 0 fully saturated rings. The molecular weight excluding hydrogens is 717 g/mol. The van der Waals surface area contributed by atoms with E-state index in [4.69, 9.17) is 23.2 Å². The highest BCUT2D eigenvalue weighted by atomic mass is 35.5. The van der Waals surface area contributed by atoms with Gasteiger partial charge in [-0.25, -0.2) is 9.97 Å². The van der Waals surface area contributed by atoms with Gasteiger partial charge in [-0.1, -0.05) is 35.3 Å². The van der Waals surface area contributed by atoms with Crippen LogP contribution in [0.15, 0.2) is 110 Å². The Morgan fingerprint density at radius 1 is 0.558 bits per heavy atom. The number of nitrogens with zero attached hydrogens (tertiary/aromatic N) is 10. The molecule has 0 bridgehead atoms. The quantitative estimate of drug-likeness (QED) is 0.0954. The Morgan fingerprint density at radius 3 is 1.42 bits per heavy atom. The summed E-state index contributed by atoms with van der Waals surface area (Å²) in [4.78, 5) is 38.6. The molecule has 8 rings (SSSR count). The van der Waals surface area contributed by atoms with E-state index in [-0.39, 0.29) is 17.1 Å². The van der Waals surface area contributed by atoms with E-state index in [1.165, 1.54) is 36.4 Å². The number of nitrogens with one attached hydrogen (secondary N) is 1. The second-order valence-electron chi connectivity index (χ2n) is 11.0. The minimum absolute atomic E-state index is 0.0604. The van der Waals surface area contributed by atoms with Crippen molar-refractivity contribution in [2.24, 2.45) is 0 Å². The number of rotatable bonds is 7. The molecule has 0 aliphatic rings. The van der Waals surface area contributed by atoms with E-state index in [1.807, 2.05) is 12.1 Å². The molecule has 1 N–H and O–H groups in total. The van der Waals surface area contributed by atoms with Gasteiger partial charge in [0.1, 0.15) is 10.3 Å². The van der Waals surface area contributed by atoms with Gasteiger partial charge in [-0.3, -0.25) is 44.8 Å². The fourth-order valence-electron chi connectivity index (χ4n) is 5.02. The highest BCUT2D eigenvalue weighted by molar-refractivity contribution is 6.29. The van der Waals surface area contributed by atoms with Crippen molar-refractivity contribution < 1.29 is 14.8 Å². The topological polar surface area (TPSA) is 220 Å². The summed E-state index contributed by atoms with van der Waals surface area (Å²) < 4.78 is 3.54. The Balaban J connectivity index is 0.000000138. The summed E-state index contributed by atoms with van der Waals surface area (Å²) in [6, 6.07) is 21.1. The van der Waals surface area contributed by atoms with Gasteiger partial charge in [0.15, 0.2) is 0 Å². The first kappa shape index (κ1) is 35.0. The number of pyridine rings is 2.